The summed E-state index contributed by atoms with van der Waals surface area (Å²) in [6.45, 7) is 2.71. The van der Waals surface area contributed by atoms with Gasteiger partial charge in [0.05, 0.1) is 6.61 Å². The maximum Gasteiger partial charge on any atom is 0.428 e. The maximum atomic E-state index is 12.9. The second-order valence-electron chi connectivity index (χ2n) is 4.03. The largest absolute Gasteiger partial charge is 0.464 e. The van der Waals surface area contributed by atoms with Crippen LogP contribution in [0.4, 0.5) is 13.2 Å². The molecule has 1 aromatic heterocycles. The quantitative estimate of drug-likeness (QED) is 0.852. The summed E-state index contributed by atoms with van der Waals surface area (Å²) in [5, 5.41) is 9.65. The van der Waals surface area contributed by atoms with E-state index in [0.717, 1.165) is 0 Å². The number of rotatable bonds is 4. The summed E-state index contributed by atoms with van der Waals surface area (Å²) in [6, 6.07) is 4.41. The topological polar surface area (TPSA) is 59.4 Å². The van der Waals surface area contributed by atoms with Crippen molar-refractivity contribution in [2.24, 2.45) is 0 Å². The highest BCUT2D eigenvalue weighted by atomic mass is 19.4. The summed E-state index contributed by atoms with van der Waals surface area (Å²) < 4.78 is 43.0. The lowest BCUT2D eigenvalue weighted by atomic mass is 9.96. The minimum atomic E-state index is -5.13. The third kappa shape index (κ3) is 3.44. The smallest absolute Gasteiger partial charge is 0.428 e. The van der Waals surface area contributed by atoms with E-state index in [1.807, 2.05) is 0 Å². The number of aromatic nitrogens is 1. The molecule has 0 saturated heterocycles. The minimum Gasteiger partial charge on any atom is -0.464 e. The number of alkyl halides is 3. The molecule has 0 fully saturated rings. The first-order chi connectivity index (χ1) is 8.70. The van der Waals surface area contributed by atoms with Gasteiger partial charge in [-0.05, 0) is 26.0 Å². The van der Waals surface area contributed by atoms with Crippen LogP contribution in [0.2, 0.25) is 0 Å². The number of carbonyl (C=O) groups is 1. The Morgan fingerprint density at radius 3 is 2.53 bits per heavy atom. The molecule has 0 bridgehead atoms. The van der Waals surface area contributed by atoms with E-state index < -0.39 is 24.2 Å². The molecule has 19 heavy (non-hydrogen) atoms. The highest BCUT2D eigenvalue weighted by Crippen LogP contribution is 2.34. The molecule has 0 aliphatic carbocycles. The monoisotopic (exact) mass is 277 g/mol. The van der Waals surface area contributed by atoms with Crippen LogP contribution in [0.1, 0.15) is 18.3 Å². The molecule has 1 heterocycles. The van der Waals surface area contributed by atoms with Crippen LogP contribution in [0.5, 0.6) is 0 Å². The Labute approximate surface area is 108 Å². The molecule has 106 valence electrons. The molecule has 4 nitrogen and oxygen atoms in total. The van der Waals surface area contributed by atoms with Gasteiger partial charge in [-0.1, -0.05) is 6.07 Å². The molecule has 0 aliphatic rings. The van der Waals surface area contributed by atoms with Crippen molar-refractivity contribution in [3.63, 3.8) is 0 Å². The first-order valence-electron chi connectivity index (χ1n) is 5.59. The van der Waals surface area contributed by atoms with Gasteiger partial charge in [-0.15, -0.1) is 0 Å². The maximum absolute atomic E-state index is 12.9. The molecule has 0 aromatic carbocycles. The Balaban J connectivity index is 3.09. The van der Waals surface area contributed by atoms with Gasteiger partial charge in [-0.3, -0.25) is 4.98 Å². The standard InChI is InChI=1S/C12H14F3NO3/c1-3-19-10(17)11(18,12(13,14)15)7-9-6-4-5-8(2)16-9/h4-6,18H,3,7H2,1-2H3. The van der Waals surface area contributed by atoms with E-state index in [9.17, 15) is 23.1 Å². The molecule has 1 aromatic rings. The number of esters is 1. The lowest BCUT2D eigenvalue weighted by Gasteiger charge is -2.27. The van der Waals surface area contributed by atoms with E-state index >= 15 is 0 Å². The number of ether oxygens (including phenoxy) is 1. The fourth-order valence-electron chi connectivity index (χ4n) is 1.50. The van der Waals surface area contributed by atoms with Gasteiger partial charge in [0, 0.05) is 17.8 Å². The van der Waals surface area contributed by atoms with Crippen LogP contribution in [0.15, 0.2) is 18.2 Å². The van der Waals surface area contributed by atoms with Gasteiger partial charge in [0.1, 0.15) is 0 Å². The van der Waals surface area contributed by atoms with Gasteiger partial charge in [0.2, 0.25) is 0 Å². The molecule has 1 atom stereocenters. The van der Waals surface area contributed by atoms with E-state index in [1.54, 1.807) is 13.0 Å². The molecule has 1 unspecified atom stereocenters. The number of carbonyl (C=O) groups excluding carboxylic acids is 1. The van der Waals surface area contributed by atoms with Crippen molar-refractivity contribution in [1.29, 1.82) is 0 Å². The first-order valence-corrected chi connectivity index (χ1v) is 5.59. The third-order valence-electron chi connectivity index (χ3n) is 2.47. The summed E-state index contributed by atoms with van der Waals surface area (Å²) in [6.07, 6.45) is -6.11. The average molecular weight is 277 g/mol. The lowest BCUT2D eigenvalue weighted by molar-refractivity contribution is -0.262. The van der Waals surface area contributed by atoms with Crippen LogP contribution < -0.4 is 0 Å². The molecular weight excluding hydrogens is 263 g/mol. The molecule has 0 aliphatic heterocycles. The molecule has 1 N–H and O–H groups in total. The summed E-state index contributed by atoms with van der Waals surface area (Å²) in [4.78, 5) is 15.2. The van der Waals surface area contributed by atoms with Crippen LogP contribution in [0.3, 0.4) is 0 Å². The molecule has 0 saturated carbocycles. The van der Waals surface area contributed by atoms with E-state index in [2.05, 4.69) is 9.72 Å². The number of hydrogen-bond acceptors (Lipinski definition) is 4. The van der Waals surface area contributed by atoms with Crippen LogP contribution in [-0.2, 0) is 16.0 Å². The SMILES string of the molecule is CCOC(=O)C(O)(Cc1cccc(C)n1)C(F)(F)F. The number of hydrogen-bond donors (Lipinski definition) is 1. The zero-order chi connectivity index (χ0) is 14.7. The van der Waals surface area contributed by atoms with Crippen LogP contribution >= 0.6 is 0 Å². The van der Waals surface area contributed by atoms with Crippen molar-refractivity contribution in [2.45, 2.75) is 32.0 Å². The van der Waals surface area contributed by atoms with Crippen molar-refractivity contribution >= 4 is 5.97 Å². The Morgan fingerprint density at radius 2 is 2.05 bits per heavy atom. The van der Waals surface area contributed by atoms with Crippen LogP contribution in [-0.4, -0.2) is 34.4 Å². The molecule has 0 radical (unpaired) electrons. The molecule has 0 amide bonds. The Morgan fingerprint density at radius 1 is 1.42 bits per heavy atom. The number of halogens is 3. The average Bonchev–Trinajstić information content (AvgIpc) is 2.27. The number of nitrogens with zero attached hydrogens (tertiary/aromatic N) is 1. The predicted octanol–water partition coefficient (Wildman–Crippen LogP) is 1.79. The minimum absolute atomic E-state index is 0.0344. The zero-order valence-electron chi connectivity index (χ0n) is 10.5. The molecular formula is C12H14F3NO3. The number of aryl methyl sites for hydroxylation is 1. The van der Waals surface area contributed by atoms with E-state index in [1.165, 1.54) is 19.1 Å². The van der Waals surface area contributed by atoms with E-state index in [-0.39, 0.29) is 12.3 Å². The Hall–Kier alpha value is -1.63. The van der Waals surface area contributed by atoms with E-state index in [4.69, 9.17) is 0 Å². The summed E-state index contributed by atoms with van der Waals surface area (Å²) in [5.41, 5.74) is -3.12. The second-order valence-corrected chi connectivity index (χ2v) is 4.03. The lowest BCUT2D eigenvalue weighted by Crippen LogP contribution is -2.54. The fourth-order valence-corrected chi connectivity index (χ4v) is 1.50. The van der Waals surface area contributed by atoms with Gasteiger partial charge < -0.3 is 9.84 Å². The van der Waals surface area contributed by atoms with Gasteiger partial charge in [0.25, 0.3) is 5.60 Å². The van der Waals surface area contributed by atoms with Crippen molar-refractivity contribution in [1.82, 2.24) is 4.98 Å². The highest BCUT2D eigenvalue weighted by molar-refractivity contribution is 5.80. The van der Waals surface area contributed by atoms with Crippen molar-refractivity contribution in [3.8, 4) is 0 Å². The van der Waals surface area contributed by atoms with Gasteiger partial charge >= 0.3 is 12.1 Å². The third-order valence-corrected chi connectivity index (χ3v) is 2.47. The molecule has 7 heteroatoms. The van der Waals surface area contributed by atoms with Crippen molar-refractivity contribution in [2.75, 3.05) is 6.61 Å². The Kier molecular flexibility index (Phi) is 4.52. The van der Waals surface area contributed by atoms with E-state index in [0.29, 0.717) is 5.69 Å². The Bertz CT molecular complexity index is 462. The fraction of sp³-hybridized carbons (Fsp3) is 0.500. The summed E-state index contributed by atoms with van der Waals surface area (Å²) in [5.74, 6) is -1.72. The normalized spacial score (nSPS) is 14.8. The first kappa shape index (κ1) is 15.4. The predicted molar refractivity (Wildman–Crippen MR) is 60.3 cm³/mol. The van der Waals surface area contributed by atoms with Crippen LogP contribution in [0.25, 0.3) is 0 Å². The van der Waals surface area contributed by atoms with Crippen molar-refractivity contribution in [3.05, 3.63) is 29.6 Å². The number of pyridine rings is 1. The van der Waals surface area contributed by atoms with Gasteiger partial charge in [-0.25, -0.2) is 4.79 Å². The summed E-state index contributed by atoms with van der Waals surface area (Å²) in [7, 11) is 0. The highest BCUT2D eigenvalue weighted by Gasteiger charge is 2.60. The van der Waals surface area contributed by atoms with Crippen LogP contribution in [0, 0.1) is 6.92 Å². The second kappa shape index (κ2) is 5.56. The zero-order valence-corrected chi connectivity index (χ0v) is 10.5. The van der Waals surface area contributed by atoms with Gasteiger partial charge in [0.15, 0.2) is 0 Å². The molecule has 0 spiro atoms. The van der Waals surface area contributed by atoms with Crippen molar-refractivity contribution < 1.29 is 27.8 Å². The molecule has 1 rings (SSSR count). The number of aliphatic hydroxyl groups is 1. The van der Waals surface area contributed by atoms with Gasteiger partial charge in [-0.2, -0.15) is 13.2 Å². The summed E-state index contributed by atoms with van der Waals surface area (Å²) >= 11 is 0.